The van der Waals surface area contributed by atoms with E-state index in [1.165, 1.54) is 0 Å². The standard InChI is InChI=1S/C11H24O4Si2/c1-9(2)10(12)13-11(14-16(3,4)5)15-17(6,7)8/h11H,1H2,2-8H3. The monoisotopic (exact) mass is 276 g/mol. The molecule has 0 fully saturated rings. The van der Waals surface area contributed by atoms with E-state index in [-0.39, 0.29) is 0 Å². The van der Waals surface area contributed by atoms with Crippen molar-refractivity contribution in [1.29, 1.82) is 0 Å². The second-order valence-electron chi connectivity index (χ2n) is 5.93. The maximum atomic E-state index is 11.5. The van der Waals surface area contributed by atoms with Crippen LogP contribution in [-0.2, 0) is 18.4 Å². The van der Waals surface area contributed by atoms with E-state index in [1.807, 2.05) is 39.3 Å². The number of hydrogen-bond acceptors (Lipinski definition) is 4. The number of rotatable bonds is 6. The molecular formula is C11H24O4Si2. The lowest BCUT2D eigenvalue weighted by atomic mass is 10.4. The van der Waals surface area contributed by atoms with E-state index in [0.717, 1.165) is 0 Å². The van der Waals surface area contributed by atoms with Crippen molar-refractivity contribution in [2.75, 3.05) is 0 Å². The molecule has 17 heavy (non-hydrogen) atoms. The highest BCUT2D eigenvalue weighted by molar-refractivity contribution is 6.70. The zero-order valence-electron chi connectivity index (χ0n) is 11.9. The van der Waals surface area contributed by atoms with Crippen molar-refractivity contribution in [3.63, 3.8) is 0 Å². The van der Waals surface area contributed by atoms with E-state index in [1.54, 1.807) is 6.92 Å². The van der Waals surface area contributed by atoms with Gasteiger partial charge >= 0.3 is 5.97 Å². The molecule has 0 radical (unpaired) electrons. The first kappa shape index (κ1) is 16.6. The number of esters is 1. The lowest BCUT2D eigenvalue weighted by molar-refractivity contribution is -0.209. The van der Waals surface area contributed by atoms with Crippen LogP contribution in [0.4, 0.5) is 0 Å². The van der Waals surface area contributed by atoms with Crippen LogP contribution in [0.5, 0.6) is 0 Å². The van der Waals surface area contributed by atoms with Gasteiger partial charge in [0, 0.05) is 5.57 Å². The van der Waals surface area contributed by atoms with Gasteiger partial charge in [0.1, 0.15) is 0 Å². The lowest BCUT2D eigenvalue weighted by Gasteiger charge is -2.30. The Morgan fingerprint density at radius 3 is 1.59 bits per heavy atom. The van der Waals surface area contributed by atoms with Gasteiger partial charge in [-0.2, -0.15) is 0 Å². The van der Waals surface area contributed by atoms with Crippen LogP contribution < -0.4 is 0 Å². The van der Waals surface area contributed by atoms with Gasteiger partial charge in [-0.1, -0.05) is 6.58 Å². The van der Waals surface area contributed by atoms with Crippen LogP contribution in [0.2, 0.25) is 39.3 Å². The molecule has 100 valence electrons. The Balaban J connectivity index is 4.63. The van der Waals surface area contributed by atoms with E-state index >= 15 is 0 Å². The quantitative estimate of drug-likeness (QED) is 0.324. The molecule has 0 rings (SSSR count). The third-order valence-electron chi connectivity index (χ3n) is 1.45. The first-order valence-corrected chi connectivity index (χ1v) is 12.4. The van der Waals surface area contributed by atoms with Gasteiger partial charge in [0.05, 0.1) is 0 Å². The first-order valence-electron chi connectivity index (χ1n) is 5.63. The first-order chi connectivity index (χ1) is 7.41. The summed E-state index contributed by atoms with van der Waals surface area (Å²) >= 11 is 0. The molecule has 0 atom stereocenters. The smallest absolute Gasteiger partial charge is 0.337 e. The summed E-state index contributed by atoms with van der Waals surface area (Å²) in [7, 11) is -3.66. The summed E-state index contributed by atoms with van der Waals surface area (Å²) in [6.45, 7) is 16.3. The minimum atomic E-state index is -1.83. The van der Waals surface area contributed by atoms with Crippen LogP contribution in [0.1, 0.15) is 6.92 Å². The average Bonchev–Trinajstić information content (AvgIpc) is 1.96. The number of carbonyl (C=O) groups excluding carboxylic acids is 1. The van der Waals surface area contributed by atoms with Gasteiger partial charge < -0.3 is 13.6 Å². The van der Waals surface area contributed by atoms with Gasteiger partial charge in [0.15, 0.2) is 16.6 Å². The third-order valence-corrected chi connectivity index (χ3v) is 3.25. The molecule has 0 aromatic heterocycles. The predicted octanol–water partition coefficient (Wildman–Crippen LogP) is 3.09. The van der Waals surface area contributed by atoms with Crippen LogP contribution in [-0.4, -0.2) is 29.1 Å². The van der Waals surface area contributed by atoms with Gasteiger partial charge in [-0.3, -0.25) is 0 Å². The molecule has 0 saturated carbocycles. The van der Waals surface area contributed by atoms with Crippen molar-refractivity contribution >= 4 is 22.6 Å². The van der Waals surface area contributed by atoms with Gasteiger partial charge in [-0.15, -0.1) is 0 Å². The summed E-state index contributed by atoms with van der Waals surface area (Å²) in [5.41, 5.74) is 0.341. The van der Waals surface area contributed by atoms with E-state index in [4.69, 9.17) is 13.6 Å². The molecule has 6 heteroatoms. The molecular weight excluding hydrogens is 252 g/mol. The van der Waals surface area contributed by atoms with Crippen molar-refractivity contribution in [1.82, 2.24) is 0 Å². The van der Waals surface area contributed by atoms with Crippen molar-refractivity contribution in [3.05, 3.63) is 12.2 Å². The number of hydrogen-bond donors (Lipinski definition) is 0. The topological polar surface area (TPSA) is 44.8 Å². The molecule has 0 aliphatic heterocycles. The Kier molecular flexibility index (Phi) is 5.79. The molecule has 0 amide bonds. The maximum absolute atomic E-state index is 11.5. The molecule has 0 aromatic rings. The summed E-state index contributed by atoms with van der Waals surface area (Å²) in [5.74, 6) is -0.480. The fraction of sp³-hybridized carbons (Fsp3) is 0.727. The Bertz CT molecular complexity index is 273. The van der Waals surface area contributed by atoms with Gasteiger partial charge in [-0.25, -0.2) is 4.79 Å². The Labute approximate surface area is 106 Å². The largest absolute Gasteiger partial charge is 0.409 e. The minimum Gasteiger partial charge on any atom is -0.409 e. The zero-order chi connectivity index (χ0) is 13.9. The normalized spacial score (nSPS) is 12.7. The third kappa shape index (κ3) is 9.28. The maximum Gasteiger partial charge on any atom is 0.337 e. The SMILES string of the molecule is C=C(C)C(=O)OC(O[Si](C)(C)C)O[Si](C)(C)C. The van der Waals surface area contributed by atoms with E-state index in [9.17, 15) is 4.79 Å². The fourth-order valence-electron chi connectivity index (χ4n) is 0.838. The highest BCUT2D eigenvalue weighted by Gasteiger charge is 2.29. The Hall–Kier alpha value is -0.436. The molecule has 0 N–H and O–H groups in total. The molecule has 0 unspecified atom stereocenters. The molecule has 0 aliphatic carbocycles. The van der Waals surface area contributed by atoms with Crippen molar-refractivity contribution in [2.45, 2.75) is 52.7 Å². The van der Waals surface area contributed by atoms with E-state index in [0.29, 0.717) is 5.57 Å². The molecule has 0 aliphatic rings. The van der Waals surface area contributed by atoms with Crippen molar-refractivity contribution < 1.29 is 18.4 Å². The average molecular weight is 276 g/mol. The molecule has 0 heterocycles. The highest BCUT2D eigenvalue weighted by atomic mass is 28.4. The summed E-state index contributed by atoms with van der Waals surface area (Å²) in [5, 5.41) is 0. The molecule has 0 aromatic carbocycles. The summed E-state index contributed by atoms with van der Waals surface area (Å²) < 4.78 is 16.6. The summed E-state index contributed by atoms with van der Waals surface area (Å²) in [6, 6.07) is 0. The number of carbonyl (C=O) groups is 1. The van der Waals surface area contributed by atoms with Crippen LogP contribution in [0.25, 0.3) is 0 Å². The lowest BCUT2D eigenvalue weighted by Crippen LogP contribution is -2.42. The number of ether oxygens (including phenoxy) is 1. The van der Waals surface area contributed by atoms with Crippen molar-refractivity contribution in [2.24, 2.45) is 0 Å². The second-order valence-corrected chi connectivity index (χ2v) is 14.9. The van der Waals surface area contributed by atoms with Gasteiger partial charge in [0.2, 0.25) is 0 Å². The van der Waals surface area contributed by atoms with Crippen LogP contribution >= 0.6 is 0 Å². The minimum absolute atomic E-state index is 0.341. The second kappa shape index (κ2) is 5.95. The zero-order valence-corrected chi connectivity index (χ0v) is 13.9. The summed E-state index contributed by atoms with van der Waals surface area (Å²) in [6.07, 6.45) is 0. The van der Waals surface area contributed by atoms with Crippen LogP contribution in [0.15, 0.2) is 12.2 Å². The van der Waals surface area contributed by atoms with E-state index < -0.39 is 29.1 Å². The molecule has 0 saturated heterocycles. The van der Waals surface area contributed by atoms with E-state index in [2.05, 4.69) is 6.58 Å². The Morgan fingerprint density at radius 1 is 1.00 bits per heavy atom. The fourth-order valence-corrected chi connectivity index (χ4v) is 2.28. The summed E-state index contributed by atoms with van der Waals surface area (Å²) in [4.78, 5) is 11.5. The van der Waals surface area contributed by atoms with Crippen LogP contribution in [0.3, 0.4) is 0 Å². The van der Waals surface area contributed by atoms with Gasteiger partial charge in [-0.05, 0) is 46.2 Å². The molecule has 0 spiro atoms. The predicted molar refractivity (Wildman–Crippen MR) is 73.6 cm³/mol. The Morgan fingerprint density at radius 2 is 1.35 bits per heavy atom. The van der Waals surface area contributed by atoms with Crippen molar-refractivity contribution in [3.8, 4) is 0 Å². The van der Waals surface area contributed by atoms with Gasteiger partial charge in [0.25, 0.3) is 6.48 Å². The molecule has 0 bridgehead atoms. The van der Waals surface area contributed by atoms with Crippen LogP contribution in [0, 0.1) is 0 Å². The highest BCUT2D eigenvalue weighted by Crippen LogP contribution is 2.16. The molecule has 4 nitrogen and oxygen atoms in total.